The molecule has 0 radical (unpaired) electrons. The summed E-state index contributed by atoms with van der Waals surface area (Å²) < 4.78 is 4.30. The average Bonchev–Trinajstić information content (AvgIpc) is 3.10. The van der Waals surface area contributed by atoms with Gasteiger partial charge in [0.05, 0.1) is 5.75 Å². The summed E-state index contributed by atoms with van der Waals surface area (Å²) in [6.07, 6.45) is 3.24. The van der Waals surface area contributed by atoms with Crippen LogP contribution in [0.5, 0.6) is 0 Å². The van der Waals surface area contributed by atoms with Gasteiger partial charge >= 0.3 is 5.69 Å². The van der Waals surface area contributed by atoms with E-state index in [9.17, 15) is 9.59 Å². The number of thiazole rings is 1. The lowest BCUT2D eigenvalue weighted by molar-refractivity contribution is -0.119. The number of nitrogens with zero attached hydrogens (tertiary/aromatic N) is 4. The Morgan fingerprint density at radius 1 is 1.44 bits per heavy atom. The van der Waals surface area contributed by atoms with Gasteiger partial charge in [-0.3, -0.25) is 9.36 Å². The molecular formula is C18H27N5O2S2. The number of hydrogen-bond donors (Lipinski definition) is 1. The molecule has 2 aromatic rings. The normalized spacial score (nSPS) is 17.0. The van der Waals surface area contributed by atoms with Gasteiger partial charge in [0, 0.05) is 36.6 Å². The van der Waals surface area contributed by atoms with E-state index in [0.29, 0.717) is 31.2 Å². The summed E-state index contributed by atoms with van der Waals surface area (Å²) in [5.74, 6) is 1.78. The van der Waals surface area contributed by atoms with Crippen molar-refractivity contribution in [3.8, 4) is 0 Å². The van der Waals surface area contributed by atoms with Crippen LogP contribution < -0.4 is 11.0 Å². The fourth-order valence-electron chi connectivity index (χ4n) is 3.09. The van der Waals surface area contributed by atoms with Crippen molar-refractivity contribution < 1.29 is 4.79 Å². The average molecular weight is 410 g/mol. The Balaban J connectivity index is 1.51. The summed E-state index contributed by atoms with van der Waals surface area (Å²) in [7, 11) is 0. The molecule has 0 bridgehead atoms. The minimum absolute atomic E-state index is 0.0201. The molecule has 0 spiro atoms. The molecule has 2 aromatic heterocycles. The van der Waals surface area contributed by atoms with Crippen LogP contribution in [-0.4, -0.2) is 37.0 Å². The number of rotatable bonds is 7. The molecule has 9 heteroatoms. The first-order valence-electron chi connectivity index (χ1n) is 9.43. The molecule has 1 aliphatic rings. The largest absolute Gasteiger partial charge is 0.353 e. The van der Waals surface area contributed by atoms with Crippen molar-refractivity contribution in [3.63, 3.8) is 0 Å². The molecule has 3 rings (SSSR count). The van der Waals surface area contributed by atoms with Gasteiger partial charge < -0.3 is 5.32 Å². The lowest BCUT2D eigenvalue weighted by Gasteiger charge is -2.15. The highest BCUT2D eigenvalue weighted by atomic mass is 32.2. The second-order valence-electron chi connectivity index (χ2n) is 7.39. The SMILES string of the molecule is Cc1csc(SCC(=O)NC2CCc3nn(CCC(C)C)c(=O)n3CC2)n1. The van der Waals surface area contributed by atoms with E-state index >= 15 is 0 Å². The van der Waals surface area contributed by atoms with Gasteiger partial charge in [-0.25, -0.2) is 14.5 Å². The quantitative estimate of drug-likeness (QED) is 0.711. The third kappa shape index (κ3) is 5.44. The zero-order valence-corrected chi connectivity index (χ0v) is 17.7. The summed E-state index contributed by atoms with van der Waals surface area (Å²) in [6.45, 7) is 7.52. The number of carbonyl (C=O) groups is 1. The standard InChI is InChI=1S/C18H27N5O2S2/c1-12(2)6-9-23-18(25)22-8-7-14(4-5-15(22)21-23)20-16(24)11-27-17-19-13(3)10-26-17/h10,12,14H,4-9,11H2,1-3H3,(H,20,24). The summed E-state index contributed by atoms with van der Waals surface area (Å²) in [6, 6.07) is 0.0846. The van der Waals surface area contributed by atoms with Crippen LogP contribution in [0.2, 0.25) is 0 Å². The molecule has 1 unspecified atom stereocenters. The number of aryl methyl sites for hydroxylation is 3. The Morgan fingerprint density at radius 2 is 2.26 bits per heavy atom. The van der Waals surface area contributed by atoms with Gasteiger partial charge in [0.15, 0.2) is 4.34 Å². The highest BCUT2D eigenvalue weighted by Crippen LogP contribution is 2.22. The Hall–Kier alpha value is -1.61. The Labute approximate surface area is 167 Å². The molecule has 3 heterocycles. The van der Waals surface area contributed by atoms with E-state index in [0.717, 1.165) is 35.1 Å². The maximum atomic E-state index is 12.5. The Kier molecular flexibility index (Phi) is 6.75. The minimum atomic E-state index is -0.0210. The lowest BCUT2D eigenvalue weighted by Crippen LogP contribution is -2.36. The maximum absolute atomic E-state index is 12.5. The van der Waals surface area contributed by atoms with Crippen molar-refractivity contribution in [1.29, 1.82) is 0 Å². The topological polar surface area (TPSA) is 81.8 Å². The molecule has 27 heavy (non-hydrogen) atoms. The highest BCUT2D eigenvalue weighted by Gasteiger charge is 2.22. The number of aromatic nitrogens is 4. The summed E-state index contributed by atoms with van der Waals surface area (Å²) in [4.78, 5) is 29.1. The van der Waals surface area contributed by atoms with E-state index in [2.05, 4.69) is 29.2 Å². The monoisotopic (exact) mass is 409 g/mol. The predicted octanol–water partition coefficient (Wildman–Crippen LogP) is 2.47. The van der Waals surface area contributed by atoms with Crippen molar-refractivity contribution in [2.24, 2.45) is 5.92 Å². The number of fused-ring (bicyclic) bond motifs is 1. The molecule has 7 nitrogen and oxygen atoms in total. The molecule has 0 aliphatic carbocycles. The van der Waals surface area contributed by atoms with Gasteiger partial charge in [-0.05, 0) is 32.1 Å². The van der Waals surface area contributed by atoms with Crippen LogP contribution in [0.25, 0.3) is 0 Å². The molecule has 1 N–H and O–H groups in total. The van der Waals surface area contributed by atoms with Crippen molar-refractivity contribution in [3.05, 3.63) is 27.4 Å². The van der Waals surface area contributed by atoms with Crippen LogP contribution in [-0.2, 0) is 24.3 Å². The third-order valence-corrected chi connectivity index (χ3v) is 6.76. The highest BCUT2D eigenvalue weighted by molar-refractivity contribution is 8.01. The van der Waals surface area contributed by atoms with Crippen LogP contribution in [0.1, 0.15) is 44.6 Å². The van der Waals surface area contributed by atoms with Gasteiger partial charge in [-0.2, -0.15) is 5.10 Å². The van der Waals surface area contributed by atoms with E-state index in [1.807, 2.05) is 12.3 Å². The van der Waals surface area contributed by atoms with E-state index < -0.39 is 0 Å². The first-order valence-corrected chi connectivity index (χ1v) is 11.3. The first-order chi connectivity index (χ1) is 12.9. The van der Waals surface area contributed by atoms with Crippen molar-refractivity contribution in [2.75, 3.05) is 5.75 Å². The maximum Gasteiger partial charge on any atom is 0.345 e. The number of amides is 1. The second kappa shape index (κ2) is 9.05. The smallest absolute Gasteiger partial charge is 0.345 e. The first kappa shape index (κ1) is 20.1. The third-order valence-electron chi connectivity index (χ3n) is 4.63. The van der Waals surface area contributed by atoms with Crippen LogP contribution in [0.4, 0.5) is 0 Å². The predicted molar refractivity (Wildman–Crippen MR) is 108 cm³/mol. The molecule has 1 amide bonds. The second-order valence-corrected chi connectivity index (χ2v) is 9.47. The number of thioether (sulfide) groups is 1. The van der Waals surface area contributed by atoms with Crippen LogP contribution >= 0.6 is 23.1 Å². The number of hydrogen-bond acceptors (Lipinski definition) is 6. The van der Waals surface area contributed by atoms with Gasteiger partial charge in [0.25, 0.3) is 0 Å². The Morgan fingerprint density at radius 3 is 2.96 bits per heavy atom. The zero-order chi connectivity index (χ0) is 19.4. The molecule has 1 aliphatic heterocycles. The van der Waals surface area contributed by atoms with Crippen molar-refractivity contribution in [2.45, 2.75) is 69.9 Å². The van der Waals surface area contributed by atoms with Crippen molar-refractivity contribution >= 4 is 29.0 Å². The van der Waals surface area contributed by atoms with Gasteiger partial charge in [0.1, 0.15) is 5.82 Å². The lowest BCUT2D eigenvalue weighted by atomic mass is 10.1. The zero-order valence-electron chi connectivity index (χ0n) is 16.1. The molecular weight excluding hydrogens is 382 g/mol. The van der Waals surface area contributed by atoms with Crippen LogP contribution in [0, 0.1) is 12.8 Å². The molecule has 0 aromatic carbocycles. The van der Waals surface area contributed by atoms with Gasteiger partial charge in [0.2, 0.25) is 5.91 Å². The van der Waals surface area contributed by atoms with E-state index in [1.54, 1.807) is 20.6 Å². The van der Waals surface area contributed by atoms with E-state index in [-0.39, 0.29) is 17.6 Å². The minimum Gasteiger partial charge on any atom is -0.353 e. The van der Waals surface area contributed by atoms with Gasteiger partial charge in [-0.15, -0.1) is 11.3 Å². The number of carbonyl (C=O) groups excluding carboxylic acids is 1. The molecule has 1 atom stereocenters. The summed E-state index contributed by atoms with van der Waals surface area (Å²) >= 11 is 3.03. The van der Waals surface area contributed by atoms with E-state index in [4.69, 9.17) is 0 Å². The molecule has 148 valence electrons. The van der Waals surface area contributed by atoms with Crippen LogP contribution in [0.3, 0.4) is 0 Å². The number of nitrogens with one attached hydrogen (secondary N) is 1. The summed E-state index contributed by atoms with van der Waals surface area (Å²) in [5.41, 5.74) is 0.965. The Bertz CT molecular complexity index is 839. The van der Waals surface area contributed by atoms with Gasteiger partial charge in [-0.1, -0.05) is 25.6 Å². The fraction of sp³-hybridized carbons (Fsp3) is 0.667. The fourth-order valence-corrected chi connectivity index (χ4v) is 4.75. The molecule has 0 fully saturated rings. The molecule has 0 saturated carbocycles. The summed E-state index contributed by atoms with van der Waals surface area (Å²) in [5, 5.41) is 9.61. The van der Waals surface area contributed by atoms with Crippen LogP contribution in [0.15, 0.2) is 14.5 Å². The molecule has 0 saturated heterocycles. The van der Waals surface area contributed by atoms with E-state index in [1.165, 1.54) is 11.8 Å². The van der Waals surface area contributed by atoms with Crippen molar-refractivity contribution in [1.82, 2.24) is 24.6 Å².